The molecule has 0 aliphatic heterocycles. The van der Waals surface area contributed by atoms with Gasteiger partial charge in [-0.05, 0) is 44.0 Å². The first-order valence-electron chi connectivity index (χ1n) is 7.96. The second-order valence-electron chi connectivity index (χ2n) is 5.88. The number of thioether (sulfide) groups is 1. The first kappa shape index (κ1) is 18.5. The normalized spacial score (nSPS) is 10.9. The molecule has 2 heterocycles. The smallest absolute Gasteiger partial charge is 0.260 e. The number of hydrogen-bond donors (Lipinski definition) is 2. The number of carbonyl (C=O) groups excluding carboxylic acids is 1. The molecule has 8 heteroatoms. The van der Waals surface area contributed by atoms with E-state index in [2.05, 4.69) is 15.3 Å². The maximum atomic E-state index is 12.3. The Balaban J connectivity index is 1.73. The number of benzene rings is 1. The van der Waals surface area contributed by atoms with E-state index in [-0.39, 0.29) is 17.2 Å². The van der Waals surface area contributed by atoms with E-state index in [9.17, 15) is 9.59 Å². The van der Waals surface area contributed by atoms with Gasteiger partial charge in [-0.25, -0.2) is 4.98 Å². The summed E-state index contributed by atoms with van der Waals surface area (Å²) in [5.74, 6) is 0.543. The van der Waals surface area contributed by atoms with Crippen molar-refractivity contribution in [3.63, 3.8) is 0 Å². The molecule has 1 amide bonds. The van der Waals surface area contributed by atoms with Crippen LogP contribution in [0.4, 0.5) is 5.69 Å². The standard InChI is InChI=1S/C18H19N3O3S2/c1-9-5-6-13(24-4)12(7-9)19-14(22)8-25-18-20-16(23)15-10(2)11(3)26-17(15)21-18/h5-7H,8H2,1-4H3,(H,19,22)(H,20,21,23). The van der Waals surface area contributed by atoms with E-state index in [0.717, 1.165) is 16.0 Å². The molecule has 0 fully saturated rings. The summed E-state index contributed by atoms with van der Waals surface area (Å²) in [6.07, 6.45) is 0. The number of fused-ring (bicyclic) bond motifs is 1. The lowest BCUT2D eigenvalue weighted by Gasteiger charge is -2.10. The van der Waals surface area contributed by atoms with E-state index in [1.54, 1.807) is 7.11 Å². The molecule has 3 rings (SSSR count). The summed E-state index contributed by atoms with van der Waals surface area (Å²) < 4.78 is 5.26. The zero-order chi connectivity index (χ0) is 18.8. The van der Waals surface area contributed by atoms with Crippen LogP contribution in [0.2, 0.25) is 0 Å². The van der Waals surface area contributed by atoms with E-state index in [1.807, 2.05) is 39.0 Å². The first-order valence-corrected chi connectivity index (χ1v) is 9.76. The van der Waals surface area contributed by atoms with Crippen LogP contribution in [-0.2, 0) is 4.79 Å². The van der Waals surface area contributed by atoms with Gasteiger partial charge in [0.05, 0.1) is 23.9 Å². The number of aromatic nitrogens is 2. The quantitative estimate of drug-likeness (QED) is 0.514. The van der Waals surface area contributed by atoms with Gasteiger partial charge in [-0.3, -0.25) is 9.59 Å². The maximum absolute atomic E-state index is 12.3. The van der Waals surface area contributed by atoms with Crippen LogP contribution in [0.25, 0.3) is 10.2 Å². The molecule has 0 saturated heterocycles. The van der Waals surface area contributed by atoms with Gasteiger partial charge in [-0.1, -0.05) is 17.8 Å². The lowest BCUT2D eigenvalue weighted by atomic mass is 10.2. The van der Waals surface area contributed by atoms with Crippen LogP contribution in [0.5, 0.6) is 5.75 Å². The highest BCUT2D eigenvalue weighted by atomic mass is 32.2. The topological polar surface area (TPSA) is 84.1 Å². The largest absolute Gasteiger partial charge is 0.495 e. The number of methoxy groups -OCH3 is 1. The Morgan fingerprint density at radius 3 is 2.85 bits per heavy atom. The van der Waals surface area contributed by atoms with Crippen LogP contribution < -0.4 is 15.6 Å². The van der Waals surface area contributed by atoms with Crippen LogP contribution in [0.3, 0.4) is 0 Å². The zero-order valence-electron chi connectivity index (χ0n) is 14.9. The fourth-order valence-corrected chi connectivity index (χ4v) is 4.29. The van der Waals surface area contributed by atoms with Gasteiger partial charge < -0.3 is 15.0 Å². The average Bonchev–Trinajstić information content (AvgIpc) is 2.88. The molecule has 0 aliphatic carbocycles. The Bertz CT molecular complexity index is 1040. The average molecular weight is 390 g/mol. The van der Waals surface area contributed by atoms with Gasteiger partial charge in [-0.15, -0.1) is 11.3 Å². The SMILES string of the molecule is COc1ccc(C)cc1NC(=O)CSc1nc2sc(C)c(C)c2c(=O)[nH]1. The maximum Gasteiger partial charge on any atom is 0.260 e. The van der Waals surface area contributed by atoms with Crippen molar-refractivity contribution >= 4 is 44.9 Å². The summed E-state index contributed by atoms with van der Waals surface area (Å²) in [6.45, 7) is 5.83. The van der Waals surface area contributed by atoms with Crippen LogP contribution >= 0.6 is 23.1 Å². The molecule has 26 heavy (non-hydrogen) atoms. The molecule has 0 atom stereocenters. The van der Waals surface area contributed by atoms with Crippen LogP contribution in [0.1, 0.15) is 16.0 Å². The van der Waals surface area contributed by atoms with Crippen molar-refractivity contribution in [1.82, 2.24) is 9.97 Å². The number of nitrogens with one attached hydrogen (secondary N) is 2. The molecule has 3 aromatic rings. The molecule has 1 aromatic carbocycles. The molecule has 136 valence electrons. The number of hydrogen-bond acceptors (Lipinski definition) is 6. The molecule has 0 spiro atoms. The zero-order valence-corrected chi connectivity index (χ0v) is 16.6. The number of ether oxygens (including phenoxy) is 1. The van der Waals surface area contributed by atoms with Crippen LogP contribution in [0, 0.1) is 20.8 Å². The van der Waals surface area contributed by atoms with Crippen molar-refractivity contribution in [2.24, 2.45) is 0 Å². The van der Waals surface area contributed by atoms with Gasteiger partial charge in [0.15, 0.2) is 5.16 Å². The number of H-pyrrole nitrogens is 1. The van der Waals surface area contributed by atoms with Crippen molar-refractivity contribution < 1.29 is 9.53 Å². The van der Waals surface area contributed by atoms with E-state index < -0.39 is 0 Å². The van der Waals surface area contributed by atoms with Crippen LogP contribution in [0.15, 0.2) is 28.2 Å². The second kappa shape index (κ2) is 7.51. The Kier molecular flexibility index (Phi) is 5.33. The lowest BCUT2D eigenvalue weighted by Crippen LogP contribution is -2.16. The minimum absolute atomic E-state index is 0.134. The molecule has 2 aromatic heterocycles. The van der Waals surface area contributed by atoms with Gasteiger partial charge in [0.2, 0.25) is 5.91 Å². The summed E-state index contributed by atoms with van der Waals surface area (Å²) in [7, 11) is 1.56. The van der Waals surface area contributed by atoms with Gasteiger partial charge in [0.1, 0.15) is 10.6 Å². The Hall–Kier alpha value is -2.32. The Morgan fingerprint density at radius 1 is 1.35 bits per heavy atom. The minimum atomic E-state index is -0.194. The molecule has 0 aliphatic rings. The Morgan fingerprint density at radius 2 is 2.12 bits per heavy atom. The molecule has 2 N–H and O–H groups in total. The minimum Gasteiger partial charge on any atom is -0.495 e. The van der Waals surface area contributed by atoms with Crippen molar-refractivity contribution in [3.8, 4) is 5.75 Å². The van der Waals surface area contributed by atoms with Crippen molar-refractivity contribution in [2.45, 2.75) is 25.9 Å². The molecule has 0 bridgehead atoms. The predicted octanol–water partition coefficient (Wildman–Crippen LogP) is 3.65. The second-order valence-corrected chi connectivity index (χ2v) is 8.04. The number of thiophene rings is 1. The van der Waals surface area contributed by atoms with E-state index in [0.29, 0.717) is 26.8 Å². The number of aromatic amines is 1. The molecule has 0 unspecified atom stereocenters. The van der Waals surface area contributed by atoms with Crippen molar-refractivity contribution in [1.29, 1.82) is 0 Å². The predicted molar refractivity (Wildman–Crippen MR) is 107 cm³/mol. The Labute approximate surface area is 159 Å². The number of aryl methyl sites for hydroxylation is 3. The van der Waals surface area contributed by atoms with Gasteiger partial charge in [-0.2, -0.15) is 0 Å². The lowest BCUT2D eigenvalue weighted by molar-refractivity contribution is -0.113. The monoisotopic (exact) mass is 389 g/mol. The van der Waals surface area contributed by atoms with Gasteiger partial charge >= 0.3 is 0 Å². The van der Waals surface area contributed by atoms with Gasteiger partial charge in [0, 0.05) is 4.88 Å². The highest BCUT2D eigenvalue weighted by Crippen LogP contribution is 2.28. The fraction of sp³-hybridized carbons (Fsp3) is 0.278. The third-order valence-corrected chi connectivity index (χ3v) is 5.96. The summed E-state index contributed by atoms with van der Waals surface area (Å²) in [4.78, 5) is 33.5. The molecule has 0 radical (unpaired) electrons. The number of rotatable bonds is 5. The van der Waals surface area contributed by atoms with E-state index >= 15 is 0 Å². The molecule has 6 nitrogen and oxygen atoms in total. The third-order valence-electron chi connectivity index (χ3n) is 3.99. The van der Waals surface area contributed by atoms with Crippen molar-refractivity contribution in [2.75, 3.05) is 18.2 Å². The van der Waals surface area contributed by atoms with Crippen molar-refractivity contribution in [3.05, 3.63) is 44.6 Å². The molecular formula is C18H19N3O3S2. The van der Waals surface area contributed by atoms with Crippen LogP contribution in [-0.4, -0.2) is 28.7 Å². The molecular weight excluding hydrogens is 370 g/mol. The third kappa shape index (κ3) is 3.76. The number of anilines is 1. The fourth-order valence-electron chi connectivity index (χ4n) is 2.54. The first-order chi connectivity index (χ1) is 12.4. The molecule has 0 saturated carbocycles. The highest BCUT2D eigenvalue weighted by molar-refractivity contribution is 7.99. The summed E-state index contributed by atoms with van der Waals surface area (Å²) in [5.41, 5.74) is 2.44. The van der Waals surface area contributed by atoms with E-state index in [4.69, 9.17) is 4.74 Å². The van der Waals surface area contributed by atoms with Gasteiger partial charge in [0.25, 0.3) is 5.56 Å². The number of amides is 1. The highest BCUT2D eigenvalue weighted by Gasteiger charge is 2.14. The summed E-state index contributed by atoms with van der Waals surface area (Å²) >= 11 is 2.69. The summed E-state index contributed by atoms with van der Waals surface area (Å²) in [6, 6.07) is 5.58. The summed E-state index contributed by atoms with van der Waals surface area (Å²) in [5, 5.41) is 3.91. The van der Waals surface area contributed by atoms with E-state index in [1.165, 1.54) is 23.1 Å². The number of carbonyl (C=O) groups is 1. The number of nitrogens with zero attached hydrogens (tertiary/aromatic N) is 1.